The van der Waals surface area contributed by atoms with Gasteiger partial charge in [0, 0.05) is 149 Å². The number of carbonyl (C=O) groups is 4. The van der Waals surface area contributed by atoms with Crippen LogP contribution in [-0.4, -0.2) is 240 Å². The second kappa shape index (κ2) is 43.1. The van der Waals surface area contributed by atoms with Gasteiger partial charge in [-0.1, -0.05) is 53.7 Å². The fourth-order valence-electron chi connectivity index (χ4n) is 14.6. The number of nitrogens with one attached hydrogen (secondary N) is 5. The van der Waals surface area contributed by atoms with Gasteiger partial charge < -0.3 is 59.8 Å². The van der Waals surface area contributed by atoms with Crippen molar-refractivity contribution in [2.24, 2.45) is 0 Å². The van der Waals surface area contributed by atoms with Crippen molar-refractivity contribution in [3.8, 4) is 58.2 Å². The number of carbonyl (C=O) groups excluding carboxylic acids is 4. The van der Waals surface area contributed by atoms with Crippen molar-refractivity contribution in [3.05, 3.63) is 235 Å². The second-order valence-electron chi connectivity index (χ2n) is 29.5. The highest BCUT2D eigenvalue weighted by atomic mass is 32.1. The van der Waals surface area contributed by atoms with Crippen molar-refractivity contribution in [1.82, 2.24) is 107 Å². The van der Waals surface area contributed by atoms with Crippen LogP contribution in [0.5, 0.6) is 0 Å². The third-order valence-electron chi connectivity index (χ3n) is 21.2. The summed E-state index contributed by atoms with van der Waals surface area (Å²) < 4.78 is 22.1. The number of aromatic amines is 1. The minimum absolute atomic E-state index is 0.112. The summed E-state index contributed by atoms with van der Waals surface area (Å²) >= 11 is 7.33. The van der Waals surface area contributed by atoms with Crippen molar-refractivity contribution < 1.29 is 38.1 Å². The second-order valence-corrected chi connectivity index (χ2v) is 33.9. The van der Waals surface area contributed by atoms with Crippen LogP contribution in [0, 0.1) is 22.7 Å². The van der Waals surface area contributed by atoms with Gasteiger partial charge in [0.25, 0.3) is 23.6 Å². The summed E-state index contributed by atoms with van der Waals surface area (Å²) in [5.41, 5.74) is 10.2. The van der Waals surface area contributed by atoms with Crippen molar-refractivity contribution in [1.29, 1.82) is 10.5 Å². The fourth-order valence-corrected chi connectivity index (χ4v) is 18.9. The number of hydrogen-bond acceptors (Lipinski definition) is 35. The molecule has 4 saturated heterocycles. The predicted octanol–water partition coefficient (Wildman–Crippen LogP) is 11.0. The third-order valence-corrected chi connectivity index (χ3v) is 25.5. The maximum absolute atomic E-state index is 13.2. The molecule has 0 radical (unpaired) electrons. The summed E-state index contributed by atoms with van der Waals surface area (Å²) in [5.74, 6) is 5.12. The molecule has 4 fully saturated rings. The van der Waals surface area contributed by atoms with Crippen molar-refractivity contribution in [3.63, 3.8) is 0 Å². The first kappa shape index (κ1) is 87.9. The smallest absolute Gasteiger partial charge is 0.252 e. The average molecular weight is 1830 g/mol. The number of ether oxygens (including phenoxy) is 4. The molecule has 4 aliphatic heterocycles. The molecule has 20 rings (SSSR count). The lowest BCUT2D eigenvalue weighted by Crippen LogP contribution is -2.37. The standard InChI is InChI=1S/2C25H22N6O2S.C21H20N6O2S2.C19H19N9O2S/c26-15-18-5-3-4-17(14-18)7-9-28-24(32)19-16-34-25-21(19)23(31-10-12-33-13-11-31)29-22(30-25)20-6-1-2-8-27-20;26-15-18-6-4-17(5-7-18)8-10-28-24(32)19-16-34-25-21(19)23(31-11-13-33-14-12-31)29-22(30-25)20-3-1-2-9-27-20;28-20(24-6-4-14-11-22-13-31-14)15-12-30-21-17(15)19(27-7-9-29-10-8-27)25-18(26-21)16-3-1-2-5-23-16;29-18(21-6-4-14-24-26-27-25-14)12-11-31-19-15(12)17(28-7-9-30-10-8-28)22-16(23-19)13-3-1-2-5-20-13/h1-6,8,14,16H,7,9-13H2,(H,28,32);1-7,9,16H,8,10-14H2,(H,28,32);1-3,5,11-13H,4,6-10H2,(H,24,28);1-3,5,11H,4,6-10H2,(H,21,29)(H,24,25,26,27). The molecule has 2 aromatic carbocycles. The van der Waals surface area contributed by atoms with Crippen LogP contribution in [0.1, 0.15) is 74.4 Å². The Kier molecular flexibility index (Phi) is 29.1. The lowest BCUT2D eigenvalue weighted by atomic mass is 10.1. The highest BCUT2D eigenvalue weighted by Crippen LogP contribution is 2.40. The molecule has 0 bridgehead atoms. The van der Waals surface area contributed by atoms with Gasteiger partial charge in [0.15, 0.2) is 29.1 Å². The van der Waals surface area contributed by atoms with Gasteiger partial charge in [-0.2, -0.15) is 15.7 Å². The van der Waals surface area contributed by atoms with Crippen molar-refractivity contribution in [2.45, 2.75) is 25.7 Å². The largest absolute Gasteiger partial charge is 0.378 e. The molecule has 656 valence electrons. The van der Waals surface area contributed by atoms with Crippen LogP contribution in [0.2, 0.25) is 0 Å². The van der Waals surface area contributed by atoms with Gasteiger partial charge in [-0.25, -0.2) is 39.9 Å². The highest BCUT2D eigenvalue weighted by molar-refractivity contribution is 7.18. The van der Waals surface area contributed by atoms with E-state index in [1.807, 2.05) is 131 Å². The Bertz CT molecular complexity index is 6460. The SMILES string of the molecule is N#Cc1ccc(CCNC(=O)c2csc3nc(-c4ccccn4)nc(N4CCOCC4)c23)cc1.N#Cc1cccc(CCNC(=O)c2csc3nc(-c4ccccn4)nc(N4CCOCC4)c23)c1.O=C(NCCc1cncs1)c1csc2nc(-c3ccccn3)nc(N3CCOCC3)c12.O=C(NCCc1nn[nH]n1)c1csc2nc(-c3ccccn3)nc(N3CCOCC3)c12. The quantitative estimate of drug-likeness (QED) is 0.0375. The molecule has 18 heterocycles. The molecule has 0 saturated carbocycles. The zero-order chi connectivity index (χ0) is 88.8. The lowest BCUT2D eigenvalue weighted by Gasteiger charge is -2.28. The Morgan fingerprint density at radius 3 is 1.06 bits per heavy atom. The van der Waals surface area contributed by atoms with Crippen molar-refractivity contribution >= 4 is 144 Å². The molecule has 35 nitrogen and oxygen atoms in total. The van der Waals surface area contributed by atoms with E-state index >= 15 is 0 Å². The van der Waals surface area contributed by atoms with Crippen LogP contribution in [0.4, 0.5) is 23.3 Å². The molecule has 14 aromatic heterocycles. The molecule has 0 aliphatic carbocycles. The Hall–Kier alpha value is -14.2. The number of amides is 4. The van der Waals surface area contributed by atoms with E-state index in [0.717, 1.165) is 99.7 Å². The summed E-state index contributed by atoms with van der Waals surface area (Å²) in [6.45, 7) is 12.4. The Morgan fingerprint density at radius 1 is 0.385 bits per heavy atom. The molecule has 0 unspecified atom stereocenters. The minimum Gasteiger partial charge on any atom is -0.378 e. The van der Waals surface area contributed by atoms with Gasteiger partial charge in [-0.05, 0) is 96.8 Å². The summed E-state index contributed by atoms with van der Waals surface area (Å²) in [5, 5.41) is 54.2. The molecule has 5 N–H and O–H groups in total. The van der Waals surface area contributed by atoms with E-state index in [2.05, 4.69) is 98.5 Å². The number of H-pyrrole nitrogens is 1. The molecule has 40 heteroatoms. The summed E-state index contributed by atoms with van der Waals surface area (Å²) in [7, 11) is 0. The summed E-state index contributed by atoms with van der Waals surface area (Å²) in [6.07, 6.45) is 11.3. The average Bonchev–Trinajstić information content (AvgIpc) is 1.63. The van der Waals surface area contributed by atoms with E-state index in [0.29, 0.717) is 223 Å². The number of nitriles is 2. The van der Waals surface area contributed by atoms with Crippen LogP contribution >= 0.6 is 56.7 Å². The number of anilines is 4. The number of hydrogen-bond donors (Lipinski definition) is 5. The van der Waals surface area contributed by atoms with Gasteiger partial charge in [0.1, 0.15) is 65.4 Å². The number of morpholine rings is 4. The zero-order valence-corrected chi connectivity index (χ0v) is 74.0. The predicted molar refractivity (Wildman–Crippen MR) is 497 cm³/mol. The first-order chi connectivity index (χ1) is 64.0. The third kappa shape index (κ3) is 21.5. The highest BCUT2D eigenvalue weighted by Gasteiger charge is 2.31. The van der Waals surface area contributed by atoms with Gasteiger partial charge in [0.05, 0.1) is 125 Å². The molecule has 16 aromatic rings. The number of thiazole rings is 1. The van der Waals surface area contributed by atoms with E-state index in [4.69, 9.17) is 69.3 Å². The van der Waals surface area contributed by atoms with Crippen LogP contribution in [0.15, 0.2) is 179 Å². The Balaban J connectivity index is 0.000000122. The molecule has 0 spiro atoms. The van der Waals surface area contributed by atoms with Crippen LogP contribution in [0.25, 0.3) is 86.9 Å². The van der Waals surface area contributed by atoms with E-state index in [9.17, 15) is 19.2 Å². The fraction of sp³-hybridized carbons (Fsp3) is 0.267. The maximum Gasteiger partial charge on any atom is 0.252 e. The van der Waals surface area contributed by atoms with E-state index in [1.165, 1.54) is 45.3 Å². The van der Waals surface area contributed by atoms with E-state index < -0.39 is 0 Å². The summed E-state index contributed by atoms with van der Waals surface area (Å²) in [6, 6.07) is 41.7. The van der Waals surface area contributed by atoms with Crippen LogP contribution < -0.4 is 40.9 Å². The number of rotatable bonds is 24. The maximum atomic E-state index is 13.2. The number of benzene rings is 2. The topological polar surface area (TPSA) is 436 Å². The molecular formula is C90H83N27O8S5. The number of pyridine rings is 4. The van der Waals surface area contributed by atoms with Gasteiger partial charge in [-0.15, -0.1) is 66.9 Å². The first-order valence-electron chi connectivity index (χ1n) is 41.9. The molecule has 0 atom stereocenters. The van der Waals surface area contributed by atoms with Gasteiger partial charge >= 0.3 is 0 Å². The Morgan fingerprint density at radius 2 is 0.738 bits per heavy atom. The number of fused-ring (bicyclic) bond motifs is 4. The normalized spacial score (nSPS) is 13.8. The summed E-state index contributed by atoms with van der Waals surface area (Å²) in [4.78, 5) is 125. The molecule has 130 heavy (non-hydrogen) atoms. The molecule has 4 aliphatic rings. The number of aromatic nitrogens is 17. The van der Waals surface area contributed by atoms with Crippen LogP contribution in [0.3, 0.4) is 0 Å². The van der Waals surface area contributed by atoms with Gasteiger partial charge in [0.2, 0.25) is 0 Å². The minimum atomic E-state index is -0.182. The number of tetrazole rings is 1. The Labute approximate surface area is 764 Å². The monoisotopic (exact) mass is 1830 g/mol. The first-order valence-corrected chi connectivity index (χ1v) is 46.3. The molecule has 4 amide bonds. The van der Waals surface area contributed by atoms with Gasteiger partial charge in [-0.3, -0.25) is 44.1 Å². The van der Waals surface area contributed by atoms with E-state index in [-0.39, 0.29) is 23.6 Å². The van der Waals surface area contributed by atoms with Crippen molar-refractivity contribution in [2.75, 3.05) is 151 Å². The number of nitrogens with zero attached hydrogens (tertiary/aromatic N) is 22. The van der Waals surface area contributed by atoms with E-state index in [1.54, 1.807) is 59.8 Å². The van der Waals surface area contributed by atoms with Crippen LogP contribution in [-0.2, 0) is 44.6 Å². The zero-order valence-electron chi connectivity index (χ0n) is 69.9. The molecular weight excluding hydrogens is 1750 g/mol. The number of thiophene rings is 4. The lowest BCUT2D eigenvalue weighted by molar-refractivity contribution is 0.0947.